The Kier molecular flexibility index (Phi) is 2.90. The van der Waals surface area contributed by atoms with Gasteiger partial charge in [-0.3, -0.25) is 9.19 Å². The smallest absolute Gasteiger partial charge is 0.197 e. The molecule has 18 heavy (non-hydrogen) atoms. The van der Waals surface area contributed by atoms with Gasteiger partial charge in [0, 0.05) is 12.4 Å². The van der Waals surface area contributed by atoms with E-state index in [0.717, 1.165) is 16.6 Å². The highest BCUT2D eigenvalue weighted by Gasteiger charge is 2.10. The number of aromatic amines is 1. The van der Waals surface area contributed by atoms with Crippen molar-refractivity contribution in [2.75, 3.05) is 0 Å². The predicted octanol–water partition coefficient (Wildman–Crippen LogP) is 2.27. The summed E-state index contributed by atoms with van der Waals surface area (Å²) in [6, 6.07) is 11.4. The second kappa shape index (κ2) is 4.70. The van der Waals surface area contributed by atoms with Gasteiger partial charge in [0.25, 0.3) is 0 Å². The number of aromatic nitrogens is 3. The molecule has 0 amide bonds. The Morgan fingerprint density at radius 3 is 2.83 bits per heavy atom. The number of para-hydroxylation sites is 2. The van der Waals surface area contributed by atoms with Crippen LogP contribution >= 0.6 is 0 Å². The van der Waals surface area contributed by atoms with Gasteiger partial charge >= 0.3 is 0 Å². The molecular formula is C13H11N3OS. The van der Waals surface area contributed by atoms with Crippen molar-refractivity contribution in [1.29, 1.82) is 0 Å². The summed E-state index contributed by atoms with van der Waals surface area (Å²) in [4.78, 5) is 11.4. The number of hydrogen-bond donors (Lipinski definition) is 1. The fourth-order valence-electron chi connectivity index (χ4n) is 1.74. The molecule has 0 spiro atoms. The molecule has 0 fully saturated rings. The molecule has 0 aliphatic heterocycles. The molecule has 0 bridgehead atoms. The van der Waals surface area contributed by atoms with Crippen LogP contribution in [0.3, 0.4) is 0 Å². The summed E-state index contributed by atoms with van der Waals surface area (Å²) in [5, 5.41) is 0.514. The van der Waals surface area contributed by atoms with Crippen molar-refractivity contribution in [3.8, 4) is 0 Å². The largest absolute Gasteiger partial charge is 0.331 e. The average molecular weight is 257 g/mol. The third-order valence-electron chi connectivity index (χ3n) is 2.60. The second-order valence-corrected chi connectivity index (χ2v) is 5.28. The monoisotopic (exact) mass is 257 g/mol. The number of hydrogen-bond acceptors (Lipinski definition) is 3. The SMILES string of the molecule is O=S(Cc1cccnc1)c1nc2ccccc2[nH]1. The Morgan fingerprint density at radius 1 is 1.17 bits per heavy atom. The maximum atomic E-state index is 12.2. The number of nitrogens with zero attached hydrogens (tertiary/aromatic N) is 2. The third-order valence-corrected chi connectivity index (χ3v) is 3.82. The van der Waals surface area contributed by atoms with Crippen molar-refractivity contribution in [3.63, 3.8) is 0 Å². The fraction of sp³-hybridized carbons (Fsp3) is 0.0769. The molecule has 0 saturated heterocycles. The summed E-state index contributed by atoms with van der Waals surface area (Å²) in [5.41, 5.74) is 2.69. The van der Waals surface area contributed by atoms with Crippen molar-refractivity contribution in [1.82, 2.24) is 15.0 Å². The molecule has 1 aromatic carbocycles. The van der Waals surface area contributed by atoms with Crippen LogP contribution in [0.1, 0.15) is 5.56 Å². The molecule has 90 valence electrons. The molecule has 2 aromatic heterocycles. The van der Waals surface area contributed by atoms with E-state index in [1.165, 1.54) is 0 Å². The standard InChI is InChI=1S/C13H11N3OS/c17-18(9-10-4-3-7-14-8-10)13-15-11-5-1-2-6-12(11)16-13/h1-8H,9H2,(H,15,16). The van der Waals surface area contributed by atoms with Gasteiger partial charge in [0.05, 0.1) is 27.6 Å². The molecule has 3 rings (SSSR count). The number of nitrogens with one attached hydrogen (secondary N) is 1. The molecule has 2 heterocycles. The summed E-state index contributed by atoms with van der Waals surface area (Å²) in [6.07, 6.45) is 3.42. The molecular weight excluding hydrogens is 246 g/mol. The van der Waals surface area contributed by atoms with E-state index in [4.69, 9.17) is 0 Å². The van der Waals surface area contributed by atoms with E-state index in [9.17, 15) is 4.21 Å². The van der Waals surface area contributed by atoms with Crippen LogP contribution in [0.15, 0.2) is 53.9 Å². The van der Waals surface area contributed by atoms with E-state index in [0.29, 0.717) is 10.9 Å². The Morgan fingerprint density at radius 2 is 2.06 bits per heavy atom. The molecule has 5 heteroatoms. The molecule has 1 N–H and O–H groups in total. The molecule has 3 aromatic rings. The van der Waals surface area contributed by atoms with E-state index in [1.807, 2.05) is 36.4 Å². The summed E-state index contributed by atoms with van der Waals surface area (Å²) in [7, 11) is -1.17. The number of rotatable bonds is 3. The Labute approximate surface area is 107 Å². The minimum absolute atomic E-state index is 0.424. The molecule has 4 nitrogen and oxygen atoms in total. The number of imidazole rings is 1. The van der Waals surface area contributed by atoms with Crippen LogP contribution in [0.5, 0.6) is 0 Å². The van der Waals surface area contributed by atoms with Crippen LogP contribution in [0.2, 0.25) is 0 Å². The van der Waals surface area contributed by atoms with Gasteiger partial charge in [0.2, 0.25) is 0 Å². The van der Waals surface area contributed by atoms with Crippen LogP contribution in [-0.2, 0) is 16.6 Å². The lowest BCUT2D eigenvalue weighted by Gasteiger charge is -1.97. The number of fused-ring (bicyclic) bond motifs is 1. The zero-order chi connectivity index (χ0) is 12.4. The minimum atomic E-state index is -1.17. The summed E-state index contributed by atoms with van der Waals surface area (Å²) in [5.74, 6) is 0.424. The number of benzene rings is 1. The van der Waals surface area contributed by atoms with Crippen molar-refractivity contribution in [3.05, 3.63) is 54.4 Å². The number of H-pyrrole nitrogens is 1. The van der Waals surface area contributed by atoms with Gasteiger partial charge in [-0.2, -0.15) is 0 Å². The normalized spacial score (nSPS) is 12.7. The molecule has 0 saturated carbocycles. The first-order chi connectivity index (χ1) is 8.83. The van der Waals surface area contributed by atoms with Crippen molar-refractivity contribution >= 4 is 21.8 Å². The molecule has 1 atom stereocenters. The van der Waals surface area contributed by atoms with Crippen LogP contribution < -0.4 is 0 Å². The van der Waals surface area contributed by atoms with E-state index < -0.39 is 10.8 Å². The van der Waals surface area contributed by atoms with Crippen LogP contribution in [-0.4, -0.2) is 19.2 Å². The van der Waals surface area contributed by atoms with Crippen LogP contribution in [0, 0.1) is 0 Å². The highest BCUT2D eigenvalue weighted by Crippen LogP contribution is 2.14. The first-order valence-electron chi connectivity index (χ1n) is 5.55. The highest BCUT2D eigenvalue weighted by molar-refractivity contribution is 7.84. The van der Waals surface area contributed by atoms with E-state index >= 15 is 0 Å². The second-order valence-electron chi connectivity index (χ2n) is 3.91. The zero-order valence-corrected chi connectivity index (χ0v) is 10.4. The average Bonchev–Trinajstić information content (AvgIpc) is 2.84. The highest BCUT2D eigenvalue weighted by atomic mass is 32.2. The maximum absolute atomic E-state index is 12.2. The fourth-order valence-corrected chi connectivity index (χ4v) is 2.77. The zero-order valence-electron chi connectivity index (χ0n) is 9.54. The first kappa shape index (κ1) is 11.1. The molecule has 0 aliphatic carbocycles. The van der Waals surface area contributed by atoms with Gasteiger partial charge in [0.15, 0.2) is 5.16 Å². The first-order valence-corrected chi connectivity index (χ1v) is 6.87. The van der Waals surface area contributed by atoms with Gasteiger partial charge in [0.1, 0.15) is 0 Å². The van der Waals surface area contributed by atoms with Gasteiger partial charge < -0.3 is 4.98 Å². The Balaban J connectivity index is 1.88. The number of pyridine rings is 1. The van der Waals surface area contributed by atoms with Crippen LogP contribution in [0.4, 0.5) is 0 Å². The summed E-state index contributed by atoms with van der Waals surface area (Å²) in [6.45, 7) is 0. The minimum Gasteiger partial charge on any atom is -0.331 e. The van der Waals surface area contributed by atoms with Gasteiger partial charge in [-0.1, -0.05) is 18.2 Å². The Bertz CT molecular complexity index is 661. The van der Waals surface area contributed by atoms with Crippen molar-refractivity contribution in [2.45, 2.75) is 10.9 Å². The van der Waals surface area contributed by atoms with Crippen LogP contribution in [0.25, 0.3) is 11.0 Å². The molecule has 1 unspecified atom stereocenters. The summed E-state index contributed by atoms with van der Waals surface area (Å²) < 4.78 is 12.2. The topological polar surface area (TPSA) is 58.6 Å². The lowest BCUT2D eigenvalue weighted by Crippen LogP contribution is -1.98. The van der Waals surface area contributed by atoms with Crippen molar-refractivity contribution in [2.24, 2.45) is 0 Å². The van der Waals surface area contributed by atoms with Gasteiger partial charge in [-0.25, -0.2) is 4.98 Å². The predicted molar refractivity (Wildman–Crippen MR) is 70.4 cm³/mol. The van der Waals surface area contributed by atoms with E-state index in [1.54, 1.807) is 12.4 Å². The van der Waals surface area contributed by atoms with Gasteiger partial charge in [-0.05, 0) is 23.8 Å². The van der Waals surface area contributed by atoms with E-state index in [2.05, 4.69) is 15.0 Å². The van der Waals surface area contributed by atoms with Crippen molar-refractivity contribution < 1.29 is 4.21 Å². The van der Waals surface area contributed by atoms with E-state index in [-0.39, 0.29) is 0 Å². The summed E-state index contributed by atoms with van der Waals surface area (Å²) >= 11 is 0. The third kappa shape index (κ3) is 2.17. The quantitative estimate of drug-likeness (QED) is 0.783. The Hall–Kier alpha value is -2.01. The molecule has 0 aliphatic rings. The van der Waals surface area contributed by atoms with Gasteiger partial charge in [-0.15, -0.1) is 0 Å². The lowest BCUT2D eigenvalue weighted by molar-refractivity contribution is 0.677. The molecule has 0 radical (unpaired) electrons. The lowest BCUT2D eigenvalue weighted by atomic mass is 10.3. The maximum Gasteiger partial charge on any atom is 0.197 e.